The third-order valence-corrected chi connectivity index (χ3v) is 4.41. The summed E-state index contributed by atoms with van der Waals surface area (Å²) in [6, 6.07) is 5.92. The molecule has 21 heavy (non-hydrogen) atoms. The maximum Gasteiger partial charge on any atom is 0.306 e. The molecular formula is C16H20FNO3. The van der Waals surface area contributed by atoms with Gasteiger partial charge < -0.3 is 10.0 Å². The van der Waals surface area contributed by atoms with Gasteiger partial charge in [0.25, 0.3) is 0 Å². The number of carbonyl (C=O) groups excluding carboxylic acids is 1. The lowest BCUT2D eigenvalue weighted by Crippen LogP contribution is -2.34. The molecule has 3 atom stereocenters. The third-order valence-electron chi connectivity index (χ3n) is 4.41. The van der Waals surface area contributed by atoms with Crippen LogP contribution in [0, 0.1) is 17.7 Å². The second kappa shape index (κ2) is 6.24. The Labute approximate surface area is 123 Å². The highest BCUT2D eigenvalue weighted by molar-refractivity contribution is 5.81. The van der Waals surface area contributed by atoms with E-state index in [9.17, 15) is 14.0 Å². The molecule has 0 bridgehead atoms. The average Bonchev–Trinajstić information content (AvgIpc) is 2.96. The topological polar surface area (TPSA) is 57.6 Å². The molecule has 5 heteroatoms. The van der Waals surface area contributed by atoms with Gasteiger partial charge in [0.05, 0.1) is 12.0 Å². The number of amides is 1. The number of benzene rings is 1. The van der Waals surface area contributed by atoms with Crippen molar-refractivity contribution in [2.24, 2.45) is 11.8 Å². The third kappa shape index (κ3) is 3.40. The zero-order valence-electron chi connectivity index (χ0n) is 12.3. The van der Waals surface area contributed by atoms with E-state index in [4.69, 9.17) is 5.11 Å². The number of carboxylic acids is 1. The summed E-state index contributed by atoms with van der Waals surface area (Å²) in [6.07, 6.45) is 1.59. The van der Waals surface area contributed by atoms with Crippen molar-refractivity contribution in [1.29, 1.82) is 0 Å². The molecule has 1 amide bonds. The monoisotopic (exact) mass is 293 g/mol. The van der Waals surface area contributed by atoms with Crippen LogP contribution >= 0.6 is 0 Å². The fourth-order valence-corrected chi connectivity index (χ4v) is 2.87. The fourth-order valence-electron chi connectivity index (χ4n) is 2.87. The predicted molar refractivity (Wildman–Crippen MR) is 76.1 cm³/mol. The molecule has 0 radical (unpaired) electrons. The molecule has 0 spiro atoms. The van der Waals surface area contributed by atoms with E-state index in [2.05, 4.69) is 0 Å². The minimum absolute atomic E-state index is 0.0319. The molecule has 1 aliphatic carbocycles. The Morgan fingerprint density at radius 1 is 1.24 bits per heavy atom. The largest absolute Gasteiger partial charge is 0.481 e. The highest BCUT2D eigenvalue weighted by Crippen LogP contribution is 2.33. The minimum atomic E-state index is -0.820. The van der Waals surface area contributed by atoms with Gasteiger partial charge in [-0.05, 0) is 43.9 Å². The highest BCUT2D eigenvalue weighted by Gasteiger charge is 2.36. The SMILES string of the molecule is CC(c1ccc(F)cc1)N(C)C(=O)[C@@H]1CC[C@H](C(=O)O)C1. The van der Waals surface area contributed by atoms with Gasteiger partial charge in [-0.1, -0.05) is 12.1 Å². The van der Waals surface area contributed by atoms with Crippen LogP contribution in [0.2, 0.25) is 0 Å². The summed E-state index contributed by atoms with van der Waals surface area (Å²) in [7, 11) is 1.71. The molecule has 2 rings (SSSR count). The van der Waals surface area contributed by atoms with Crippen LogP contribution in [0.3, 0.4) is 0 Å². The summed E-state index contributed by atoms with van der Waals surface area (Å²) < 4.78 is 12.9. The second-order valence-electron chi connectivity index (χ2n) is 5.72. The van der Waals surface area contributed by atoms with E-state index in [1.165, 1.54) is 12.1 Å². The molecule has 0 aromatic heterocycles. The van der Waals surface area contributed by atoms with Crippen LogP contribution in [0.25, 0.3) is 0 Å². The lowest BCUT2D eigenvalue weighted by Gasteiger charge is -2.28. The molecule has 1 fully saturated rings. The van der Waals surface area contributed by atoms with Crippen molar-refractivity contribution < 1.29 is 19.1 Å². The van der Waals surface area contributed by atoms with E-state index < -0.39 is 11.9 Å². The highest BCUT2D eigenvalue weighted by atomic mass is 19.1. The Kier molecular flexibility index (Phi) is 4.60. The normalized spacial score (nSPS) is 22.8. The van der Waals surface area contributed by atoms with Gasteiger partial charge in [0.15, 0.2) is 0 Å². The summed E-state index contributed by atoms with van der Waals surface area (Å²) >= 11 is 0. The van der Waals surface area contributed by atoms with Crippen LogP contribution < -0.4 is 0 Å². The maximum atomic E-state index is 12.9. The smallest absolute Gasteiger partial charge is 0.306 e. The molecule has 0 aliphatic heterocycles. The molecule has 1 unspecified atom stereocenters. The molecule has 0 saturated heterocycles. The number of halogens is 1. The van der Waals surface area contributed by atoms with E-state index in [0.717, 1.165) is 5.56 Å². The number of nitrogens with zero attached hydrogens (tertiary/aromatic N) is 1. The van der Waals surface area contributed by atoms with Gasteiger partial charge in [0.2, 0.25) is 5.91 Å². The number of hydrogen-bond acceptors (Lipinski definition) is 2. The molecule has 114 valence electrons. The summed E-state index contributed by atoms with van der Waals surface area (Å²) in [5.41, 5.74) is 0.861. The van der Waals surface area contributed by atoms with Crippen molar-refractivity contribution in [3.05, 3.63) is 35.6 Å². The van der Waals surface area contributed by atoms with Crippen molar-refractivity contribution >= 4 is 11.9 Å². The summed E-state index contributed by atoms with van der Waals surface area (Å²) in [5.74, 6) is -1.79. The molecule has 1 saturated carbocycles. The van der Waals surface area contributed by atoms with E-state index in [0.29, 0.717) is 19.3 Å². The van der Waals surface area contributed by atoms with E-state index in [1.54, 1.807) is 24.1 Å². The summed E-state index contributed by atoms with van der Waals surface area (Å²) in [5, 5.41) is 9.00. The van der Waals surface area contributed by atoms with E-state index in [-0.39, 0.29) is 23.7 Å². The van der Waals surface area contributed by atoms with Crippen molar-refractivity contribution in [1.82, 2.24) is 4.90 Å². The first kappa shape index (κ1) is 15.5. The lowest BCUT2D eigenvalue weighted by atomic mass is 10.0. The molecule has 1 aromatic carbocycles. The Balaban J connectivity index is 2.02. The summed E-state index contributed by atoms with van der Waals surface area (Å²) in [6.45, 7) is 1.88. The number of carbonyl (C=O) groups is 2. The van der Waals surface area contributed by atoms with Crippen molar-refractivity contribution in [3.8, 4) is 0 Å². The van der Waals surface area contributed by atoms with Crippen LogP contribution in [0.4, 0.5) is 4.39 Å². The predicted octanol–water partition coefficient (Wildman–Crippen LogP) is 2.85. The molecule has 1 N–H and O–H groups in total. The Hall–Kier alpha value is -1.91. The first-order valence-corrected chi connectivity index (χ1v) is 7.15. The van der Waals surface area contributed by atoms with Gasteiger partial charge >= 0.3 is 5.97 Å². The average molecular weight is 293 g/mol. The first-order chi connectivity index (χ1) is 9.90. The number of hydrogen-bond donors (Lipinski definition) is 1. The standard InChI is InChI=1S/C16H20FNO3/c1-10(11-5-7-14(17)8-6-11)18(2)15(19)12-3-4-13(9-12)16(20)21/h5-8,10,12-13H,3-4,9H2,1-2H3,(H,20,21)/t10?,12-,13+/m1/s1. The van der Waals surface area contributed by atoms with Crippen molar-refractivity contribution in [3.63, 3.8) is 0 Å². The van der Waals surface area contributed by atoms with Crippen LogP contribution in [-0.2, 0) is 9.59 Å². The Bertz CT molecular complexity index is 529. The Morgan fingerprint density at radius 2 is 1.81 bits per heavy atom. The zero-order valence-corrected chi connectivity index (χ0v) is 12.3. The second-order valence-corrected chi connectivity index (χ2v) is 5.72. The quantitative estimate of drug-likeness (QED) is 0.928. The number of aliphatic carboxylic acids is 1. The van der Waals surface area contributed by atoms with Gasteiger partial charge in [-0.2, -0.15) is 0 Å². The van der Waals surface area contributed by atoms with Crippen LogP contribution in [0.15, 0.2) is 24.3 Å². The van der Waals surface area contributed by atoms with Crippen molar-refractivity contribution in [2.75, 3.05) is 7.05 Å². The van der Waals surface area contributed by atoms with Gasteiger partial charge in [0.1, 0.15) is 5.82 Å². The molecule has 4 nitrogen and oxygen atoms in total. The molecule has 0 heterocycles. The van der Waals surface area contributed by atoms with Crippen molar-refractivity contribution in [2.45, 2.75) is 32.2 Å². The van der Waals surface area contributed by atoms with Gasteiger partial charge in [0, 0.05) is 13.0 Å². The number of rotatable bonds is 4. The zero-order chi connectivity index (χ0) is 15.6. The minimum Gasteiger partial charge on any atom is -0.481 e. The lowest BCUT2D eigenvalue weighted by molar-refractivity contribution is -0.141. The van der Waals surface area contributed by atoms with Crippen LogP contribution in [0.1, 0.15) is 37.8 Å². The Morgan fingerprint density at radius 3 is 2.33 bits per heavy atom. The fraction of sp³-hybridized carbons (Fsp3) is 0.500. The summed E-state index contributed by atoms with van der Waals surface area (Å²) in [4.78, 5) is 25.0. The van der Waals surface area contributed by atoms with E-state index >= 15 is 0 Å². The van der Waals surface area contributed by atoms with Gasteiger partial charge in [-0.15, -0.1) is 0 Å². The molecule has 1 aliphatic rings. The molecule has 1 aromatic rings. The van der Waals surface area contributed by atoms with Crippen LogP contribution in [-0.4, -0.2) is 28.9 Å². The van der Waals surface area contributed by atoms with Crippen LogP contribution in [0.5, 0.6) is 0 Å². The maximum absolute atomic E-state index is 12.9. The number of carboxylic acid groups (broad SMARTS) is 1. The van der Waals surface area contributed by atoms with Gasteiger partial charge in [-0.25, -0.2) is 4.39 Å². The molecular weight excluding hydrogens is 273 g/mol. The van der Waals surface area contributed by atoms with Gasteiger partial charge in [-0.3, -0.25) is 9.59 Å². The van der Waals surface area contributed by atoms with E-state index in [1.807, 2.05) is 6.92 Å². The first-order valence-electron chi connectivity index (χ1n) is 7.15.